The van der Waals surface area contributed by atoms with E-state index >= 15 is 0 Å². The first-order valence-electron chi connectivity index (χ1n) is 10.2. The van der Waals surface area contributed by atoms with Crippen molar-refractivity contribution in [2.75, 3.05) is 17.7 Å². The number of carbonyl (C=O) groups is 1. The van der Waals surface area contributed by atoms with Crippen molar-refractivity contribution >= 4 is 32.8 Å². The van der Waals surface area contributed by atoms with Crippen LogP contribution in [0, 0.1) is 12.8 Å². The Bertz CT molecular complexity index is 1330. The standard InChI is InChI=1S/C21H25N5O5S/c1-11(2)18-19-24-15-7-13(10-27)17(32(4,30)31)8-16(15)25(19)5-6-26(18)21-22-9-14(20(28)29)12(3)23-21/h7-9,11,18,27H,5-6,10H2,1-4H3,(H,28,29)/t18-/m0/s1. The number of fused-ring (bicyclic) bond motifs is 3. The summed E-state index contributed by atoms with van der Waals surface area (Å²) in [7, 11) is -3.52. The number of aliphatic hydroxyl groups excluding tert-OH is 1. The molecule has 0 aliphatic carbocycles. The van der Waals surface area contributed by atoms with Crippen molar-refractivity contribution in [3.05, 3.63) is 41.0 Å². The Hall–Kier alpha value is -3.05. The van der Waals surface area contributed by atoms with E-state index in [4.69, 9.17) is 4.98 Å². The van der Waals surface area contributed by atoms with E-state index in [0.29, 0.717) is 41.3 Å². The van der Waals surface area contributed by atoms with Crippen LogP contribution in [0.4, 0.5) is 5.95 Å². The van der Waals surface area contributed by atoms with Crippen molar-refractivity contribution < 1.29 is 23.4 Å². The molecule has 170 valence electrons. The Morgan fingerprint density at radius 3 is 2.53 bits per heavy atom. The lowest BCUT2D eigenvalue weighted by atomic mass is 10.00. The first-order valence-corrected chi connectivity index (χ1v) is 12.1. The second-order valence-corrected chi connectivity index (χ2v) is 10.3. The third kappa shape index (κ3) is 3.61. The minimum absolute atomic E-state index is 0.0592. The van der Waals surface area contributed by atoms with Gasteiger partial charge in [0.05, 0.1) is 39.8 Å². The summed E-state index contributed by atoms with van der Waals surface area (Å²) in [6.45, 7) is 6.41. The van der Waals surface area contributed by atoms with E-state index in [2.05, 4.69) is 9.97 Å². The van der Waals surface area contributed by atoms with Crippen molar-refractivity contribution in [3.8, 4) is 0 Å². The SMILES string of the molecule is Cc1nc(N2CCn3c(nc4cc(CO)c(S(C)(=O)=O)cc43)[C@@H]2C(C)C)ncc1C(=O)O. The number of hydrogen-bond donors (Lipinski definition) is 2. The maximum atomic E-state index is 12.3. The molecule has 0 unspecified atom stereocenters. The normalized spacial score (nSPS) is 16.6. The number of imidazole rings is 1. The molecule has 2 N–H and O–H groups in total. The molecule has 10 nitrogen and oxygen atoms in total. The number of sulfone groups is 1. The maximum absolute atomic E-state index is 12.3. The molecule has 32 heavy (non-hydrogen) atoms. The molecule has 0 fully saturated rings. The highest BCUT2D eigenvalue weighted by Crippen LogP contribution is 2.37. The summed E-state index contributed by atoms with van der Waals surface area (Å²) in [5, 5.41) is 19.0. The topological polar surface area (TPSA) is 139 Å². The molecule has 4 rings (SSSR count). The highest BCUT2D eigenvalue weighted by molar-refractivity contribution is 7.90. The van der Waals surface area contributed by atoms with Gasteiger partial charge in [-0.1, -0.05) is 13.8 Å². The molecule has 1 aromatic carbocycles. The van der Waals surface area contributed by atoms with E-state index in [1.807, 2.05) is 23.3 Å². The molecule has 3 aromatic rings. The smallest absolute Gasteiger partial charge is 0.339 e. The van der Waals surface area contributed by atoms with Gasteiger partial charge in [-0.2, -0.15) is 0 Å². The van der Waals surface area contributed by atoms with Crippen LogP contribution in [0.5, 0.6) is 0 Å². The van der Waals surface area contributed by atoms with Gasteiger partial charge in [-0.15, -0.1) is 0 Å². The number of carboxylic acids is 1. The summed E-state index contributed by atoms with van der Waals surface area (Å²) >= 11 is 0. The predicted molar refractivity (Wildman–Crippen MR) is 117 cm³/mol. The average molecular weight is 460 g/mol. The van der Waals surface area contributed by atoms with Crippen LogP contribution in [0.2, 0.25) is 0 Å². The Balaban J connectivity index is 1.86. The first kappa shape index (κ1) is 22.2. The van der Waals surface area contributed by atoms with E-state index in [1.165, 1.54) is 6.20 Å². The number of rotatable bonds is 5. The van der Waals surface area contributed by atoms with Crippen LogP contribution in [-0.4, -0.2) is 56.9 Å². The molecule has 11 heteroatoms. The fourth-order valence-electron chi connectivity index (χ4n) is 4.32. The quantitative estimate of drug-likeness (QED) is 0.586. The average Bonchev–Trinajstić information content (AvgIpc) is 3.08. The molecular formula is C21H25N5O5S. The van der Waals surface area contributed by atoms with Crippen molar-refractivity contribution in [2.45, 2.75) is 44.9 Å². The number of carboxylic acid groups (broad SMARTS) is 1. The number of hydrogen-bond acceptors (Lipinski definition) is 8. The van der Waals surface area contributed by atoms with E-state index in [9.17, 15) is 23.4 Å². The minimum atomic E-state index is -3.52. The highest BCUT2D eigenvalue weighted by atomic mass is 32.2. The number of aromatic carboxylic acids is 1. The van der Waals surface area contributed by atoms with Crippen LogP contribution in [0.15, 0.2) is 23.2 Å². The summed E-state index contributed by atoms with van der Waals surface area (Å²) in [5.41, 5.74) is 2.07. The van der Waals surface area contributed by atoms with Gasteiger partial charge in [-0.05, 0) is 30.5 Å². The third-order valence-electron chi connectivity index (χ3n) is 5.78. The fraction of sp³-hybridized carbons (Fsp3) is 0.429. The Labute approximate surface area is 185 Å². The number of aromatic nitrogens is 4. The van der Waals surface area contributed by atoms with Crippen LogP contribution in [0.25, 0.3) is 11.0 Å². The number of nitrogens with zero attached hydrogens (tertiary/aromatic N) is 5. The summed E-state index contributed by atoms with van der Waals surface area (Å²) < 4.78 is 26.5. The summed E-state index contributed by atoms with van der Waals surface area (Å²) in [5.74, 6) is 0.216. The summed E-state index contributed by atoms with van der Waals surface area (Å²) in [6, 6.07) is 3.01. The van der Waals surface area contributed by atoms with Gasteiger partial charge in [-0.3, -0.25) is 0 Å². The number of benzene rings is 1. The zero-order chi connectivity index (χ0) is 23.4. The van der Waals surface area contributed by atoms with E-state index in [1.54, 1.807) is 19.1 Å². The highest BCUT2D eigenvalue weighted by Gasteiger charge is 2.35. The van der Waals surface area contributed by atoms with E-state index < -0.39 is 22.4 Å². The first-order chi connectivity index (χ1) is 15.0. The van der Waals surface area contributed by atoms with Crippen molar-refractivity contribution in [3.63, 3.8) is 0 Å². The van der Waals surface area contributed by atoms with Crippen LogP contribution in [0.1, 0.15) is 47.3 Å². The number of anilines is 1. The van der Waals surface area contributed by atoms with E-state index in [-0.39, 0.29) is 22.4 Å². The molecule has 1 atom stereocenters. The zero-order valence-electron chi connectivity index (χ0n) is 18.3. The van der Waals surface area contributed by atoms with Gasteiger partial charge >= 0.3 is 5.97 Å². The van der Waals surface area contributed by atoms with E-state index in [0.717, 1.165) is 12.1 Å². The molecule has 0 saturated heterocycles. The maximum Gasteiger partial charge on any atom is 0.339 e. The molecule has 0 radical (unpaired) electrons. The molecular weight excluding hydrogens is 434 g/mol. The monoisotopic (exact) mass is 459 g/mol. The third-order valence-corrected chi connectivity index (χ3v) is 6.96. The lowest BCUT2D eigenvalue weighted by Gasteiger charge is -2.38. The van der Waals surface area contributed by atoms with Crippen molar-refractivity contribution in [1.82, 2.24) is 19.5 Å². The molecule has 0 amide bonds. The van der Waals surface area contributed by atoms with Crippen molar-refractivity contribution in [2.24, 2.45) is 5.92 Å². The molecule has 2 aromatic heterocycles. The molecule has 0 spiro atoms. The molecule has 1 aliphatic rings. The minimum Gasteiger partial charge on any atom is -0.478 e. The van der Waals surface area contributed by atoms with Gasteiger partial charge in [0, 0.05) is 25.5 Å². The summed E-state index contributed by atoms with van der Waals surface area (Å²) in [6.07, 6.45) is 2.45. The Morgan fingerprint density at radius 1 is 1.25 bits per heavy atom. The van der Waals surface area contributed by atoms with Crippen LogP contribution in [-0.2, 0) is 23.0 Å². The molecule has 0 saturated carbocycles. The Morgan fingerprint density at radius 2 is 1.97 bits per heavy atom. The lowest BCUT2D eigenvalue weighted by molar-refractivity contribution is 0.0695. The van der Waals surface area contributed by atoms with Crippen LogP contribution in [0.3, 0.4) is 0 Å². The predicted octanol–water partition coefficient (Wildman–Crippen LogP) is 1.95. The second kappa shape index (κ2) is 7.82. The van der Waals surface area contributed by atoms with Gasteiger partial charge in [0.25, 0.3) is 0 Å². The second-order valence-electron chi connectivity index (χ2n) is 8.36. The zero-order valence-corrected chi connectivity index (χ0v) is 19.1. The van der Waals surface area contributed by atoms with Crippen molar-refractivity contribution in [1.29, 1.82) is 0 Å². The number of aliphatic hydroxyl groups is 1. The number of aryl methyl sites for hydroxylation is 1. The molecule has 3 heterocycles. The largest absolute Gasteiger partial charge is 0.478 e. The van der Waals surface area contributed by atoms with Crippen LogP contribution < -0.4 is 4.90 Å². The van der Waals surface area contributed by atoms with Gasteiger partial charge in [0.2, 0.25) is 5.95 Å². The van der Waals surface area contributed by atoms with Gasteiger partial charge in [0.15, 0.2) is 9.84 Å². The van der Waals surface area contributed by atoms with Gasteiger partial charge in [-0.25, -0.2) is 28.2 Å². The molecule has 0 bridgehead atoms. The van der Waals surface area contributed by atoms with Crippen LogP contribution >= 0.6 is 0 Å². The Kier molecular flexibility index (Phi) is 5.41. The fourth-order valence-corrected chi connectivity index (χ4v) is 5.24. The van der Waals surface area contributed by atoms with Gasteiger partial charge in [0.1, 0.15) is 5.82 Å². The molecule has 1 aliphatic heterocycles. The lowest BCUT2D eigenvalue weighted by Crippen LogP contribution is -2.42. The summed E-state index contributed by atoms with van der Waals surface area (Å²) in [4.78, 5) is 27.0. The van der Waals surface area contributed by atoms with Gasteiger partial charge < -0.3 is 19.7 Å².